The first-order valence-corrected chi connectivity index (χ1v) is 4.04. The van der Waals surface area contributed by atoms with E-state index in [1.54, 1.807) is 32.0 Å². The highest BCUT2D eigenvalue weighted by atomic mass is 16.5. The topological polar surface area (TPSA) is 53.3 Å². The lowest BCUT2D eigenvalue weighted by atomic mass is 10.3. The summed E-state index contributed by atoms with van der Waals surface area (Å²) in [7, 11) is 1.72. The summed E-state index contributed by atoms with van der Waals surface area (Å²) in [5.41, 5.74) is 0.562. The Morgan fingerprint density at radius 1 is 1.69 bits per heavy atom. The van der Waals surface area contributed by atoms with Gasteiger partial charge in [0.2, 0.25) is 0 Å². The van der Waals surface area contributed by atoms with Gasteiger partial charge in [-0.15, -0.1) is 0 Å². The zero-order chi connectivity index (χ0) is 10.3. The molecule has 0 N–H and O–H groups in total. The van der Waals surface area contributed by atoms with Crippen LogP contribution in [0.2, 0.25) is 0 Å². The zero-order valence-electron chi connectivity index (χ0n) is 8.20. The molecular weight excluding hydrogens is 168 g/mol. The molecule has 0 aromatic heterocycles. The van der Waals surface area contributed by atoms with Crippen molar-refractivity contribution in [1.82, 2.24) is 4.90 Å². The Balaban J connectivity index is 3.95. The van der Waals surface area contributed by atoms with E-state index < -0.39 is 0 Å². The molecule has 0 amide bonds. The third-order valence-electron chi connectivity index (χ3n) is 1.27. The second kappa shape index (κ2) is 6.06. The average Bonchev–Trinajstić information content (AvgIpc) is 2.04. The van der Waals surface area contributed by atoms with Crippen LogP contribution in [0.25, 0.3) is 0 Å². The van der Waals surface area contributed by atoms with Gasteiger partial charge in [-0.3, -0.25) is 4.79 Å². The predicted octanol–water partition coefficient (Wildman–Crippen LogP) is 0.909. The van der Waals surface area contributed by atoms with Crippen LogP contribution in [0.15, 0.2) is 11.8 Å². The van der Waals surface area contributed by atoms with Crippen molar-refractivity contribution in [1.29, 1.82) is 5.26 Å². The van der Waals surface area contributed by atoms with Crippen LogP contribution in [0.5, 0.6) is 0 Å². The maximum absolute atomic E-state index is 10.9. The third kappa shape index (κ3) is 5.74. The first-order valence-electron chi connectivity index (χ1n) is 4.04. The second-order valence-electron chi connectivity index (χ2n) is 2.64. The minimum Gasteiger partial charge on any atom is -0.465 e. The fourth-order valence-corrected chi connectivity index (χ4v) is 0.815. The van der Waals surface area contributed by atoms with E-state index in [-0.39, 0.29) is 12.5 Å². The molecule has 72 valence electrons. The van der Waals surface area contributed by atoms with Gasteiger partial charge in [0, 0.05) is 18.8 Å². The Kier molecular flexibility index (Phi) is 5.37. The van der Waals surface area contributed by atoms with Gasteiger partial charge in [-0.2, -0.15) is 5.26 Å². The standard InChI is InChI=1S/C9H14N2O2/c1-4-13-9(12)7-11(3)6-8(2)5-10/h6H,4,7H2,1-3H3. The maximum atomic E-state index is 10.9. The van der Waals surface area contributed by atoms with E-state index in [4.69, 9.17) is 10.00 Å². The highest BCUT2D eigenvalue weighted by Gasteiger charge is 2.03. The van der Waals surface area contributed by atoms with Crippen molar-refractivity contribution in [3.63, 3.8) is 0 Å². The molecule has 0 spiro atoms. The van der Waals surface area contributed by atoms with E-state index in [0.717, 1.165) is 0 Å². The van der Waals surface area contributed by atoms with Crippen molar-refractivity contribution >= 4 is 5.97 Å². The molecule has 0 fully saturated rings. The number of likely N-dealkylation sites (N-methyl/N-ethyl adjacent to an activating group) is 1. The van der Waals surface area contributed by atoms with Crippen molar-refractivity contribution in [2.24, 2.45) is 0 Å². The van der Waals surface area contributed by atoms with Crippen LogP contribution in [0.4, 0.5) is 0 Å². The summed E-state index contributed by atoms with van der Waals surface area (Å²) in [6.45, 7) is 4.00. The van der Waals surface area contributed by atoms with Crippen LogP contribution in [0.3, 0.4) is 0 Å². The summed E-state index contributed by atoms with van der Waals surface area (Å²) in [5, 5.41) is 8.46. The van der Waals surface area contributed by atoms with Crippen LogP contribution in [0.1, 0.15) is 13.8 Å². The Hall–Kier alpha value is -1.50. The number of ether oxygens (including phenoxy) is 1. The fourth-order valence-electron chi connectivity index (χ4n) is 0.815. The summed E-state index contributed by atoms with van der Waals surface area (Å²) in [6.07, 6.45) is 1.61. The van der Waals surface area contributed by atoms with Crippen LogP contribution in [-0.4, -0.2) is 31.1 Å². The largest absolute Gasteiger partial charge is 0.465 e. The Morgan fingerprint density at radius 2 is 2.31 bits per heavy atom. The van der Waals surface area contributed by atoms with E-state index >= 15 is 0 Å². The molecule has 0 unspecified atom stereocenters. The first kappa shape index (κ1) is 11.5. The van der Waals surface area contributed by atoms with Crippen molar-refractivity contribution < 1.29 is 9.53 Å². The van der Waals surface area contributed by atoms with E-state index in [1.807, 2.05) is 6.07 Å². The molecule has 13 heavy (non-hydrogen) atoms. The molecule has 0 atom stereocenters. The molecule has 0 aromatic carbocycles. The van der Waals surface area contributed by atoms with Crippen molar-refractivity contribution in [2.75, 3.05) is 20.2 Å². The van der Waals surface area contributed by atoms with Crippen LogP contribution in [0, 0.1) is 11.3 Å². The van der Waals surface area contributed by atoms with Gasteiger partial charge in [0.25, 0.3) is 0 Å². The van der Waals surface area contributed by atoms with Crippen molar-refractivity contribution in [2.45, 2.75) is 13.8 Å². The van der Waals surface area contributed by atoms with Gasteiger partial charge >= 0.3 is 5.97 Å². The number of esters is 1. The predicted molar refractivity (Wildman–Crippen MR) is 48.6 cm³/mol. The van der Waals surface area contributed by atoms with Gasteiger partial charge in [0.15, 0.2) is 0 Å². The monoisotopic (exact) mass is 182 g/mol. The molecule has 0 aromatic rings. The number of rotatable bonds is 4. The van der Waals surface area contributed by atoms with Gasteiger partial charge < -0.3 is 9.64 Å². The van der Waals surface area contributed by atoms with E-state index in [9.17, 15) is 4.79 Å². The lowest BCUT2D eigenvalue weighted by molar-refractivity contribution is -0.143. The molecule has 4 nitrogen and oxygen atoms in total. The average molecular weight is 182 g/mol. The Bertz CT molecular complexity index is 240. The SMILES string of the molecule is CCOC(=O)CN(C)C=C(C)C#N. The molecule has 0 aliphatic rings. The highest BCUT2D eigenvalue weighted by molar-refractivity contribution is 5.71. The minimum atomic E-state index is -0.285. The molecule has 4 heteroatoms. The number of hydrogen-bond acceptors (Lipinski definition) is 4. The molecule has 0 aliphatic carbocycles. The van der Waals surface area contributed by atoms with Gasteiger partial charge in [0.1, 0.15) is 6.54 Å². The summed E-state index contributed by atoms with van der Waals surface area (Å²) < 4.78 is 4.73. The number of allylic oxidation sites excluding steroid dienone is 1. The normalized spacial score (nSPS) is 10.5. The van der Waals surface area contributed by atoms with Crippen LogP contribution in [-0.2, 0) is 9.53 Å². The third-order valence-corrected chi connectivity index (χ3v) is 1.27. The maximum Gasteiger partial charge on any atom is 0.325 e. The van der Waals surface area contributed by atoms with Gasteiger partial charge in [-0.1, -0.05) is 0 Å². The van der Waals surface area contributed by atoms with E-state index in [2.05, 4.69) is 0 Å². The Labute approximate surface area is 78.4 Å². The molecule has 0 saturated carbocycles. The van der Waals surface area contributed by atoms with E-state index in [1.165, 1.54) is 0 Å². The van der Waals surface area contributed by atoms with E-state index in [0.29, 0.717) is 12.2 Å². The zero-order valence-corrected chi connectivity index (χ0v) is 8.20. The molecular formula is C9H14N2O2. The van der Waals surface area contributed by atoms with Crippen LogP contribution < -0.4 is 0 Å². The first-order chi connectivity index (χ1) is 6.10. The number of nitrogens with zero attached hydrogens (tertiary/aromatic N) is 2. The molecule has 0 heterocycles. The molecule has 0 bridgehead atoms. The van der Waals surface area contributed by atoms with Crippen molar-refractivity contribution in [3.8, 4) is 6.07 Å². The second-order valence-corrected chi connectivity index (χ2v) is 2.64. The number of hydrogen-bond donors (Lipinski definition) is 0. The summed E-state index contributed by atoms with van der Waals surface area (Å²) >= 11 is 0. The van der Waals surface area contributed by atoms with Gasteiger partial charge in [0.05, 0.1) is 12.7 Å². The smallest absolute Gasteiger partial charge is 0.325 e. The summed E-state index contributed by atoms with van der Waals surface area (Å²) in [6, 6.07) is 1.97. The van der Waals surface area contributed by atoms with Crippen molar-refractivity contribution in [3.05, 3.63) is 11.8 Å². The number of carbonyl (C=O) groups is 1. The summed E-state index contributed by atoms with van der Waals surface area (Å²) in [4.78, 5) is 12.6. The summed E-state index contributed by atoms with van der Waals surface area (Å²) in [5.74, 6) is -0.285. The molecule has 0 rings (SSSR count). The quantitative estimate of drug-likeness (QED) is 0.479. The molecule has 0 radical (unpaired) electrons. The van der Waals surface area contributed by atoms with Crippen LogP contribution >= 0.6 is 0 Å². The highest BCUT2D eigenvalue weighted by Crippen LogP contribution is 1.93. The Morgan fingerprint density at radius 3 is 2.77 bits per heavy atom. The number of carbonyl (C=O) groups excluding carboxylic acids is 1. The fraction of sp³-hybridized carbons (Fsp3) is 0.556. The minimum absolute atomic E-state index is 0.173. The number of nitriles is 1. The molecule has 0 saturated heterocycles. The lowest BCUT2D eigenvalue weighted by Crippen LogP contribution is -2.23. The van der Waals surface area contributed by atoms with Gasteiger partial charge in [-0.05, 0) is 13.8 Å². The van der Waals surface area contributed by atoms with Gasteiger partial charge in [-0.25, -0.2) is 0 Å². The molecule has 0 aliphatic heterocycles. The lowest BCUT2D eigenvalue weighted by Gasteiger charge is -2.12.